The van der Waals surface area contributed by atoms with Gasteiger partial charge >= 0.3 is 6.18 Å². The van der Waals surface area contributed by atoms with Crippen LogP contribution in [0.4, 0.5) is 47.5 Å². The number of benzene rings is 6. The van der Waals surface area contributed by atoms with Crippen LogP contribution < -0.4 is 26.2 Å². The zero-order chi connectivity index (χ0) is 47.5. The van der Waals surface area contributed by atoms with E-state index in [-0.39, 0.29) is 27.1 Å². The van der Waals surface area contributed by atoms with Crippen LogP contribution in [0.25, 0.3) is 22.1 Å². The minimum atomic E-state index is -4.65. The normalized spacial score (nSPS) is 18.5. The first kappa shape index (κ1) is 43.9. The molecule has 0 radical (unpaired) electrons. The molecule has 0 spiro atoms. The Hall–Kier alpha value is -5.69. The van der Waals surface area contributed by atoms with Crippen molar-refractivity contribution < 1.29 is 17.6 Å². The van der Waals surface area contributed by atoms with Crippen LogP contribution in [-0.2, 0) is 33.3 Å². The lowest BCUT2D eigenvalue weighted by Crippen LogP contribution is -2.61. The number of anilines is 6. The van der Waals surface area contributed by atoms with Gasteiger partial charge in [-0.3, -0.25) is 4.90 Å². The number of para-hydroxylation sites is 1. The van der Waals surface area contributed by atoms with E-state index in [4.69, 9.17) is 4.42 Å². The zero-order valence-electron chi connectivity index (χ0n) is 41.2. The number of nitrogens with zero attached hydrogens (tertiary/aromatic N) is 2. The van der Waals surface area contributed by atoms with Gasteiger partial charge in [-0.2, -0.15) is 13.2 Å². The van der Waals surface area contributed by atoms with Gasteiger partial charge in [0.1, 0.15) is 5.58 Å². The second-order valence-electron chi connectivity index (χ2n) is 23.9. The predicted octanol–water partition coefficient (Wildman–Crippen LogP) is 15.5. The quantitative estimate of drug-likeness (QED) is 0.165. The molecule has 67 heavy (non-hydrogen) atoms. The molecule has 4 aliphatic rings. The number of alkyl halides is 3. The van der Waals surface area contributed by atoms with Gasteiger partial charge in [0, 0.05) is 33.5 Å². The smallest absolute Gasteiger partial charge is 0.416 e. The molecule has 0 N–H and O–H groups in total. The van der Waals surface area contributed by atoms with Crippen molar-refractivity contribution >= 4 is 68.4 Å². The van der Waals surface area contributed by atoms with Crippen molar-refractivity contribution in [3.05, 3.63) is 148 Å². The van der Waals surface area contributed by atoms with E-state index in [0.717, 1.165) is 86.8 Å². The van der Waals surface area contributed by atoms with Crippen LogP contribution in [0.5, 0.6) is 0 Å². The summed E-state index contributed by atoms with van der Waals surface area (Å²) in [5, 5.41) is 0.965. The minimum absolute atomic E-state index is 0.0957. The Kier molecular flexibility index (Phi) is 9.28. The largest absolute Gasteiger partial charge is 0.440 e. The van der Waals surface area contributed by atoms with Crippen LogP contribution in [0.15, 0.2) is 114 Å². The third kappa shape index (κ3) is 6.60. The average Bonchev–Trinajstić information content (AvgIpc) is 3.65. The van der Waals surface area contributed by atoms with E-state index in [9.17, 15) is 0 Å². The molecule has 0 amide bonds. The molecule has 3 nitrogen and oxygen atoms in total. The van der Waals surface area contributed by atoms with Crippen molar-refractivity contribution in [1.82, 2.24) is 0 Å². The molecule has 0 saturated heterocycles. The molecule has 6 aromatic carbocycles. The molecule has 342 valence electrons. The number of hydrogen-bond donors (Lipinski definition) is 0. The van der Waals surface area contributed by atoms with Crippen LogP contribution in [0.3, 0.4) is 0 Å². The molecule has 2 aliphatic heterocycles. The van der Waals surface area contributed by atoms with Gasteiger partial charge in [-0.25, -0.2) is 0 Å². The van der Waals surface area contributed by atoms with Crippen molar-refractivity contribution in [2.75, 3.05) is 9.80 Å². The van der Waals surface area contributed by atoms with Crippen LogP contribution >= 0.6 is 0 Å². The van der Waals surface area contributed by atoms with E-state index in [0.29, 0.717) is 22.8 Å². The van der Waals surface area contributed by atoms with Crippen molar-refractivity contribution in [2.45, 2.75) is 142 Å². The fourth-order valence-corrected chi connectivity index (χ4v) is 12.2. The highest BCUT2D eigenvalue weighted by Crippen LogP contribution is 2.56. The maximum absolute atomic E-state index is 16.0. The molecule has 0 fully saturated rings. The van der Waals surface area contributed by atoms with Gasteiger partial charge in [-0.05, 0) is 152 Å². The van der Waals surface area contributed by atoms with Gasteiger partial charge < -0.3 is 9.32 Å². The summed E-state index contributed by atoms with van der Waals surface area (Å²) in [5.41, 5.74) is 15.2. The lowest BCUT2D eigenvalue weighted by atomic mass is 9.33. The lowest BCUT2D eigenvalue weighted by Gasteiger charge is -2.48. The molecule has 0 saturated carbocycles. The lowest BCUT2D eigenvalue weighted by molar-refractivity contribution is -0.137. The van der Waals surface area contributed by atoms with Gasteiger partial charge in [-0.15, -0.1) is 0 Å². The highest BCUT2D eigenvalue weighted by Gasteiger charge is 2.51. The second-order valence-corrected chi connectivity index (χ2v) is 23.9. The maximum Gasteiger partial charge on any atom is 0.416 e. The number of rotatable bonds is 3. The summed E-state index contributed by atoms with van der Waals surface area (Å²) in [4.78, 5) is 4.26. The molecule has 0 bridgehead atoms. The van der Waals surface area contributed by atoms with Gasteiger partial charge in [0.25, 0.3) is 6.71 Å². The molecule has 7 heteroatoms. The Morgan fingerprint density at radius 2 is 1.06 bits per heavy atom. The fraction of sp³-hybridized carbons (Fsp3) is 0.367. The Balaban J connectivity index is 1.33. The molecule has 3 heterocycles. The molecule has 0 atom stereocenters. The molecule has 11 rings (SSSR count). The number of halogens is 3. The fourth-order valence-electron chi connectivity index (χ4n) is 12.2. The summed E-state index contributed by atoms with van der Waals surface area (Å²) in [6, 6.07) is 37.4. The summed E-state index contributed by atoms with van der Waals surface area (Å²) in [6.07, 6.45) is -0.569. The Morgan fingerprint density at radius 1 is 0.522 bits per heavy atom. The number of hydrogen-bond acceptors (Lipinski definition) is 3. The van der Waals surface area contributed by atoms with Crippen molar-refractivity contribution in [1.29, 1.82) is 0 Å². The van der Waals surface area contributed by atoms with E-state index >= 15 is 13.2 Å². The van der Waals surface area contributed by atoms with E-state index in [1.54, 1.807) is 0 Å². The van der Waals surface area contributed by atoms with Gasteiger partial charge in [0.15, 0.2) is 0 Å². The number of furan rings is 1. The first-order chi connectivity index (χ1) is 31.4. The van der Waals surface area contributed by atoms with E-state index in [2.05, 4.69) is 161 Å². The predicted molar refractivity (Wildman–Crippen MR) is 275 cm³/mol. The van der Waals surface area contributed by atoms with E-state index in [1.165, 1.54) is 34.4 Å². The molecule has 1 aromatic heterocycles. The van der Waals surface area contributed by atoms with E-state index < -0.39 is 18.5 Å². The van der Waals surface area contributed by atoms with Gasteiger partial charge in [-0.1, -0.05) is 143 Å². The average molecular weight is 895 g/mol. The summed E-state index contributed by atoms with van der Waals surface area (Å²) in [5.74, 6) is 0.565. The highest BCUT2D eigenvalue weighted by atomic mass is 19.4. The third-order valence-corrected chi connectivity index (χ3v) is 16.5. The Bertz CT molecular complexity index is 3200. The first-order valence-electron chi connectivity index (χ1n) is 24.3. The Morgan fingerprint density at radius 3 is 1.64 bits per heavy atom. The highest BCUT2D eigenvalue weighted by molar-refractivity contribution is 7.01. The monoisotopic (exact) mass is 894 g/mol. The third-order valence-electron chi connectivity index (χ3n) is 16.5. The van der Waals surface area contributed by atoms with E-state index in [1.807, 2.05) is 29.2 Å². The van der Waals surface area contributed by atoms with Gasteiger partial charge in [0.2, 0.25) is 5.88 Å². The molecule has 2 aliphatic carbocycles. The topological polar surface area (TPSA) is 19.6 Å². The minimum Gasteiger partial charge on any atom is -0.440 e. The van der Waals surface area contributed by atoms with Gasteiger partial charge in [0.05, 0.1) is 16.9 Å². The summed E-state index contributed by atoms with van der Waals surface area (Å²) in [7, 11) is 0. The van der Waals surface area contributed by atoms with Crippen LogP contribution in [0.1, 0.15) is 141 Å². The first-order valence-corrected chi connectivity index (χ1v) is 24.3. The number of fused-ring (bicyclic) bond motifs is 8. The van der Waals surface area contributed by atoms with Crippen LogP contribution in [0.2, 0.25) is 0 Å². The molecule has 0 unspecified atom stereocenters. The van der Waals surface area contributed by atoms with Crippen molar-refractivity contribution in [3.8, 4) is 11.1 Å². The second kappa shape index (κ2) is 14.2. The summed E-state index contributed by atoms with van der Waals surface area (Å²) >= 11 is 0. The molecule has 7 aromatic rings. The Labute approximate surface area is 395 Å². The zero-order valence-corrected chi connectivity index (χ0v) is 41.2. The van der Waals surface area contributed by atoms with Crippen molar-refractivity contribution in [2.24, 2.45) is 0 Å². The van der Waals surface area contributed by atoms with Crippen molar-refractivity contribution in [3.63, 3.8) is 0 Å². The maximum atomic E-state index is 16.0. The molecular weight excluding hydrogens is 832 g/mol. The standard InChI is InChI=1S/C60H62BF3N2O/c1-35-28-37(55(2,3)4)22-23-46(35)66-50-30-38(60(62,63)64)29-49-53(50)61(52-39-20-16-17-21-51(39)67-54(52)66)45-32-42-44(59(11,12)27-25-57(42,7)8)34-48(45)65(49)47-33-43-41(56(5,6)24-26-58(43,9)10)31-40(47)36-18-14-13-15-19-36/h13-23,28-34H,24-27H2,1-12H3. The van der Waals surface area contributed by atoms with Crippen LogP contribution in [0, 0.1) is 6.92 Å². The summed E-state index contributed by atoms with van der Waals surface area (Å²) < 4.78 is 55.0. The molecular formula is C60H62BF3N2O. The summed E-state index contributed by atoms with van der Waals surface area (Å²) in [6.45, 7) is 26.9. The number of aryl methyl sites for hydroxylation is 1. The SMILES string of the molecule is Cc1cc(C(C)(C)C)ccc1N1c2cc(C(F)(F)F)cc3c2B(c2cc4c(cc2N3c2cc3c(cc2-c2ccccc2)C(C)(C)CCC3(C)C)C(C)(C)CCC4(C)C)c2c1oc1ccccc21. The van der Waals surface area contributed by atoms with Crippen LogP contribution in [-0.4, -0.2) is 6.71 Å².